The van der Waals surface area contributed by atoms with E-state index in [1.54, 1.807) is 12.5 Å². The molecule has 2 unspecified atom stereocenters. The molecule has 1 heterocycles. The van der Waals surface area contributed by atoms with Crippen LogP contribution in [0.15, 0.2) is 35.2 Å². The summed E-state index contributed by atoms with van der Waals surface area (Å²) in [5, 5.41) is 3.38. The maximum Gasteiger partial charge on any atom is 0.0947 e. The number of nitrogens with two attached hydrogens (primary N) is 1. The standard InChI is InChI=1S/C11H16N2O/c12-11-2-1-9(5-11)6-13-7-10-3-4-14-8-10/h1-4,8-9,11,13H,5-7,12H2. The van der Waals surface area contributed by atoms with Gasteiger partial charge in [0.25, 0.3) is 0 Å². The fourth-order valence-electron chi connectivity index (χ4n) is 1.75. The largest absolute Gasteiger partial charge is 0.472 e. The Morgan fingerprint density at radius 3 is 3.07 bits per heavy atom. The van der Waals surface area contributed by atoms with Crippen molar-refractivity contribution < 1.29 is 4.42 Å². The second-order valence-electron chi connectivity index (χ2n) is 3.81. The lowest BCUT2D eigenvalue weighted by atomic mass is 10.1. The molecule has 0 spiro atoms. The lowest BCUT2D eigenvalue weighted by molar-refractivity contribution is 0.522. The van der Waals surface area contributed by atoms with E-state index in [4.69, 9.17) is 10.2 Å². The van der Waals surface area contributed by atoms with Gasteiger partial charge in [-0.1, -0.05) is 12.2 Å². The molecule has 1 aromatic rings. The van der Waals surface area contributed by atoms with Crippen LogP contribution in [0, 0.1) is 5.92 Å². The Labute approximate surface area is 84.0 Å². The third-order valence-corrected chi connectivity index (χ3v) is 2.52. The number of nitrogens with one attached hydrogen (secondary N) is 1. The van der Waals surface area contributed by atoms with E-state index in [2.05, 4.69) is 17.5 Å². The first-order valence-corrected chi connectivity index (χ1v) is 5.00. The molecule has 3 nitrogen and oxygen atoms in total. The Balaban J connectivity index is 1.66. The van der Waals surface area contributed by atoms with E-state index in [9.17, 15) is 0 Å². The zero-order chi connectivity index (χ0) is 9.80. The highest BCUT2D eigenvalue weighted by molar-refractivity contribution is 5.07. The van der Waals surface area contributed by atoms with Crippen LogP contribution in [-0.2, 0) is 6.54 Å². The Morgan fingerprint density at radius 2 is 2.43 bits per heavy atom. The van der Waals surface area contributed by atoms with E-state index in [1.165, 1.54) is 5.56 Å². The highest BCUT2D eigenvalue weighted by Gasteiger charge is 2.14. The quantitative estimate of drug-likeness (QED) is 0.706. The minimum Gasteiger partial charge on any atom is -0.472 e. The van der Waals surface area contributed by atoms with Gasteiger partial charge in [0, 0.05) is 24.7 Å². The molecule has 0 bridgehead atoms. The van der Waals surface area contributed by atoms with E-state index in [0.29, 0.717) is 5.92 Å². The number of hydrogen-bond acceptors (Lipinski definition) is 3. The summed E-state index contributed by atoms with van der Waals surface area (Å²) in [5.74, 6) is 0.594. The van der Waals surface area contributed by atoms with E-state index in [1.807, 2.05) is 6.07 Å². The van der Waals surface area contributed by atoms with Crippen molar-refractivity contribution in [3.63, 3.8) is 0 Å². The molecule has 2 rings (SSSR count). The van der Waals surface area contributed by atoms with Gasteiger partial charge < -0.3 is 15.5 Å². The number of rotatable bonds is 4. The minimum atomic E-state index is 0.260. The van der Waals surface area contributed by atoms with E-state index in [0.717, 1.165) is 19.5 Å². The van der Waals surface area contributed by atoms with E-state index >= 15 is 0 Å². The van der Waals surface area contributed by atoms with Gasteiger partial charge in [0.2, 0.25) is 0 Å². The first kappa shape index (κ1) is 9.49. The summed E-state index contributed by atoms with van der Waals surface area (Å²) in [6.45, 7) is 1.87. The molecular formula is C11H16N2O. The van der Waals surface area contributed by atoms with Gasteiger partial charge >= 0.3 is 0 Å². The predicted octanol–water partition coefficient (Wildman–Crippen LogP) is 1.27. The van der Waals surface area contributed by atoms with Crippen LogP contribution < -0.4 is 11.1 Å². The van der Waals surface area contributed by atoms with Crippen LogP contribution in [0.4, 0.5) is 0 Å². The third-order valence-electron chi connectivity index (χ3n) is 2.52. The van der Waals surface area contributed by atoms with Gasteiger partial charge in [-0.3, -0.25) is 0 Å². The van der Waals surface area contributed by atoms with Gasteiger partial charge in [0.15, 0.2) is 0 Å². The fourth-order valence-corrected chi connectivity index (χ4v) is 1.75. The molecule has 1 aromatic heterocycles. The van der Waals surface area contributed by atoms with E-state index < -0.39 is 0 Å². The molecule has 0 saturated carbocycles. The fraction of sp³-hybridized carbons (Fsp3) is 0.455. The van der Waals surface area contributed by atoms with Crippen LogP contribution >= 0.6 is 0 Å². The van der Waals surface area contributed by atoms with Crippen molar-refractivity contribution in [2.45, 2.75) is 19.0 Å². The van der Waals surface area contributed by atoms with Gasteiger partial charge in [-0.05, 0) is 18.4 Å². The van der Waals surface area contributed by atoms with Gasteiger partial charge in [0.05, 0.1) is 12.5 Å². The van der Waals surface area contributed by atoms with Crippen LogP contribution in [0.5, 0.6) is 0 Å². The van der Waals surface area contributed by atoms with Gasteiger partial charge in [-0.25, -0.2) is 0 Å². The molecule has 0 saturated heterocycles. The summed E-state index contributed by atoms with van der Waals surface area (Å²) in [5.41, 5.74) is 6.95. The summed E-state index contributed by atoms with van der Waals surface area (Å²) in [6.07, 6.45) is 8.82. The topological polar surface area (TPSA) is 51.2 Å². The Hall–Kier alpha value is -1.06. The number of hydrogen-bond donors (Lipinski definition) is 2. The molecule has 76 valence electrons. The number of furan rings is 1. The van der Waals surface area contributed by atoms with Crippen molar-refractivity contribution in [1.29, 1.82) is 0 Å². The predicted molar refractivity (Wildman–Crippen MR) is 55.6 cm³/mol. The molecule has 3 heteroatoms. The summed E-state index contributed by atoms with van der Waals surface area (Å²) in [6, 6.07) is 2.24. The molecule has 2 atom stereocenters. The molecule has 3 N–H and O–H groups in total. The average Bonchev–Trinajstić information content (AvgIpc) is 2.77. The normalized spacial score (nSPS) is 25.8. The second kappa shape index (κ2) is 4.44. The summed E-state index contributed by atoms with van der Waals surface area (Å²) < 4.78 is 4.98. The van der Waals surface area contributed by atoms with Crippen molar-refractivity contribution in [1.82, 2.24) is 5.32 Å². The zero-order valence-corrected chi connectivity index (χ0v) is 8.15. The average molecular weight is 192 g/mol. The Bertz CT molecular complexity index is 292. The lowest BCUT2D eigenvalue weighted by Crippen LogP contribution is -2.23. The van der Waals surface area contributed by atoms with Crippen molar-refractivity contribution >= 4 is 0 Å². The molecular weight excluding hydrogens is 176 g/mol. The van der Waals surface area contributed by atoms with Crippen LogP contribution in [0.1, 0.15) is 12.0 Å². The molecule has 0 radical (unpaired) electrons. The summed E-state index contributed by atoms with van der Waals surface area (Å²) in [7, 11) is 0. The van der Waals surface area contributed by atoms with Crippen LogP contribution in [-0.4, -0.2) is 12.6 Å². The second-order valence-corrected chi connectivity index (χ2v) is 3.81. The zero-order valence-electron chi connectivity index (χ0n) is 8.15. The summed E-state index contributed by atoms with van der Waals surface area (Å²) in [4.78, 5) is 0. The van der Waals surface area contributed by atoms with Crippen molar-refractivity contribution in [3.05, 3.63) is 36.3 Å². The van der Waals surface area contributed by atoms with Crippen LogP contribution in [0.3, 0.4) is 0 Å². The molecule has 1 aliphatic carbocycles. The molecule has 1 aliphatic rings. The van der Waals surface area contributed by atoms with Crippen LogP contribution in [0.25, 0.3) is 0 Å². The van der Waals surface area contributed by atoms with Crippen molar-refractivity contribution in [3.8, 4) is 0 Å². The van der Waals surface area contributed by atoms with Crippen LogP contribution in [0.2, 0.25) is 0 Å². The van der Waals surface area contributed by atoms with Crippen molar-refractivity contribution in [2.24, 2.45) is 11.7 Å². The SMILES string of the molecule is NC1C=CC(CNCc2ccoc2)C1. The first-order chi connectivity index (χ1) is 6.84. The molecule has 0 fully saturated rings. The molecule has 0 aromatic carbocycles. The van der Waals surface area contributed by atoms with E-state index in [-0.39, 0.29) is 6.04 Å². The van der Waals surface area contributed by atoms with Gasteiger partial charge in [-0.15, -0.1) is 0 Å². The molecule has 0 amide bonds. The third kappa shape index (κ3) is 2.47. The molecule has 0 aliphatic heterocycles. The lowest BCUT2D eigenvalue weighted by Gasteiger charge is -2.09. The highest BCUT2D eigenvalue weighted by Crippen LogP contribution is 2.15. The molecule has 14 heavy (non-hydrogen) atoms. The maximum atomic E-state index is 5.76. The Morgan fingerprint density at radius 1 is 1.50 bits per heavy atom. The minimum absolute atomic E-state index is 0.260. The van der Waals surface area contributed by atoms with Gasteiger partial charge in [0.1, 0.15) is 0 Å². The monoisotopic (exact) mass is 192 g/mol. The van der Waals surface area contributed by atoms with Gasteiger partial charge in [-0.2, -0.15) is 0 Å². The summed E-state index contributed by atoms with van der Waals surface area (Å²) >= 11 is 0. The Kier molecular flexibility index (Phi) is 3.01. The van der Waals surface area contributed by atoms with Crippen molar-refractivity contribution in [2.75, 3.05) is 6.54 Å². The smallest absolute Gasteiger partial charge is 0.0947 e. The maximum absolute atomic E-state index is 5.76. The first-order valence-electron chi connectivity index (χ1n) is 5.00. The highest BCUT2D eigenvalue weighted by atomic mass is 16.3.